The summed E-state index contributed by atoms with van der Waals surface area (Å²) < 4.78 is 1.51. The van der Waals surface area contributed by atoms with Gasteiger partial charge in [0.25, 0.3) is 0 Å². The Morgan fingerprint density at radius 3 is 2.84 bits per heavy atom. The Hall–Kier alpha value is -2.83. The number of nitrogen functional groups attached to an aromatic ring is 1. The molecule has 0 radical (unpaired) electrons. The minimum Gasteiger partial charge on any atom is -0.336 e. The lowest BCUT2D eigenvalue weighted by Crippen LogP contribution is -2.15. The van der Waals surface area contributed by atoms with E-state index in [4.69, 9.17) is 5.84 Å². The van der Waals surface area contributed by atoms with Crippen LogP contribution < -0.4 is 11.2 Å². The number of benzene rings is 1. The van der Waals surface area contributed by atoms with Crippen molar-refractivity contribution >= 4 is 34.0 Å². The van der Waals surface area contributed by atoms with Crippen LogP contribution in [0.3, 0.4) is 0 Å². The number of nitrogens with one attached hydrogen (secondary N) is 1. The van der Waals surface area contributed by atoms with Gasteiger partial charge in [0.2, 0.25) is 11.1 Å². The number of thioether (sulfide) groups is 1. The number of anilines is 1. The van der Waals surface area contributed by atoms with Gasteiger partial charge in [0.15, 0.2) is 5.82 Å². The van der Waals surface area contributed by atoms with Crippen molar-refractivity contribution in [3.63, 3.8) is 0 Å². The number of carbonyl (C=O) groups excluding carboxylic acids is 1. The zero-order valence-electron chi connectivity index (χ0n) is 17.1. The summed E-state index contributed by atoms with van der Waals surface area (Å²) >= 11 is 2.95. The van der Waals surface area contributed by atoms with Crippen LogP contribution in [0.4, 0.5) is 5.00 Å². The standard InChI is InChI=1S/C22H24N6OS2/c23-14-17-16-8-4-5-9-18(16)31-21(17)25-20(29)12-13-30-22-27-26-19(28(22)24)11-10-15-6-2-1-3-7-15/h1-3,6-7H,4-5,8-13,24H2,(H,25,29). The number of fused-ring (bicyclic) bond motifs is 1. The second kappa shape index (κ2) is 9.98. The number of nitrogens with zero attached hydrogens (tertiary/aromatic N) is 4. The Balaban J connectivity index is 1.28. The van der Waals surface area contributed by atoms with Gasteiger partial charge in [0.05, 0.1) is 5.56 Å². The number of aromatic nitrogens is 3. The highest BCUT2D eigenvalue weighted by Gasteiger charge is 2.21. The molecule has 7 nitrogen and oxygen atoms in total. The minimum atomic E-state index is -0.102. The molecule has 0 unspecified atom stereocenters. The molecule has 2 aromatic heterocycles. The lowest BCUT2D eigenvalue weighted by Gasteiger charge is -2.09. The van der Waals surface area contributed by atoms with Crippen LogP contribution >= 0.6 is 23.1 Å². The summed E-state index contributed by atoms with van der Waals surface area (Å²) in [5, 5.41) is 22.1. The second-order valence-corrected chi connectivity index (χ2v) is 9.60. The number of aryl methyl sites for hydroxylation is 3. The van der Waals surface area contributed by atoms with Crippen LogP contribution in [0.5, 0.6) is 0 Å². The number of thiophene rings is 1. The molecule has 1 aliphatic carbocycles. The van der Waals surface area contributed by atoms with Gasteiger partial charge < -0.3 is 11.2 Å². The van der Waals surface area contributed by atoms with E-state index in [9.17, 15) is 10.1 Å². The van der Waals surface area contributed by atoms with Crippen LogP contribution in [0.1, 0.15) is 46.7 Å². The highest BCUT2D eigenvalue weighted by Crippen LogP contribution is 2.37. The number of nitriles is 1. The predicted octanol–water partition coefficient (Wildman–Crippen LogP) is 3.71. The van der Waals surface area contributed by atoms with Gasteiger partial charge in [-0.1, -0.05) is 42.1 Å². The lowest BCUT2D eigenvalue weighted by atomic mass is 9.96. The Morgan fingerprint density at radius 1 is 1.23 bits per heavy atom. The van der Waals surface area contributed by atoms with Crippen LogP contribution in [0.15, 0.2) is 35.5 Å². The molecule has 0 fully saturated rings. The van der Waals surface area contributed by atoms with E-state index in [1.54, 1.807) is 11.3 Å². The van der Waals surface area contributed by atoms with Crippen molar-refractivity contribution < 1.29 is 4.79 Å². The maximum atomic E-state index is 12.4. The SMILES string of the molecule is N#Cc1c(NC(=O)CCSc2nnc(CCc3ccccc3)n2N)sc2c1CCCC2. The third-order valence-corrected chi connectivity index (χ3v) is 7.46. The Morgan fingerprint density at radius 2 is 2.03 bits per heavy atom. The van der Waals surface area contributed by atoms with Gasteiger partial charge in [-0.05, 0) is 43.2 Å². The van der Waals surface area contributed by atoms with E-state index >= 15 is 0 Å². The molecule has 0 saturated heterocycles. The summed E-state index contributed by atoms with van der Waals surface area (Å²) in [6, 6.07) is 12.5. The number of amides is 1. The fourth-order valence-corrected chi connectivity index (χ4v) is 5.74. The smallest absolute Gasteiger partial charge is 0.225 e. The van der Waals surface area contributed by atoms with Crippen molar-refractivity contribution in [3.8, 4) is 6.07 Å². The van der Waals surface area contributed by atoms with Crippen molar-refractivity contribution in [2.45, 2.75) is 50.1 Å². The Kier molecular flexibility index (Phi) is 6.89. The molecular weight excluding hydrogens is 428 g/mol. The Labute approximate surface area is 189 Å². The third kappa shape index (κ3) is 5.09. The van der Waals surface area contributed by atoms with Gasteiger partial charge in [-0.25, -0.2) is 4.68 Å². The summed E-state index contributed by atoms with van der Waals surface area (Å²) in [4.78, 5) is 13.7. The van der Waals surface area contributed by atoms with E-state index in [1.165, 1.54) is 26.9 Å². The van der Waals surface area contributed by atoms with E-state index in [0.717, 1.165) is 43.5 Å². The number of hydrogen-bond acceptors (Lipinski definition) is 7. The monoisotopic (exact) mass is 452 g/mol. The first kappa shape index (κ1) is 21.4. The van der Waals surface area contributed by atoms with Crippen LogP contribution in [0, 0.1) is 11.3 Å². The molecular formula is C22H24N6OS2. The molecule has 0 atom stereocenters. The topological polar surface area (TPSA) is 110 Å². The predicted molar refractivity (Wildman–Crippen MR) is 124 cm³/mol. The number of nitrogens with two attached hydrogens (primary N) is 1. The molecule has 0 saturated carbocycles. The molecule has 0 bridgehead atoms. The first-order chi connectivity index (χ1) is 15.2. The maximum absolute atomic E-state index is 12.4. The first-order valence-electron chi connectivity index (χ1n) is 10.4. The molecule has 0 aliphatic heterocycles. The highest BCUT2D eigenvalue weighted by atomic mass is 32.2. The van der Waals surface area contributed by atoms with E-state index in [1.807, 2.05) is 18.2 Å². The number of hydrogen-bond donors (Lipinski definition) is 2. The van der Waals surface area contributed by atoms with Gasteiger partial charge in [0, 0.05) is 23.5 Å². The molecule has 1 amide bonds. The third-order valence-electron chi connectivity index (χ3n) is 5.31. The zero-order chi connectivity index (χ0) is 21.6. The van der Waals surface area contributed by atoms with Gasteiger partial charge >= 0.3 is 0 Å². The summed E-state index contributed by atoms with van der Waals surface area (Å²) in [5.41, 5.74) is 3.00. The number of carbonyl (C=O) groups is 1. The minimum absolute atomic E-state index is 0.102. The fourth-order valence-electron chi connectivity index (χ4n) is 3.67. The van der Waals surface area contributed by atoms with Crippen molar-refractivity contribution in [2.75, 3.05) is 16.9 Å². The average molecular weight is 453 g/mol. The number of rotatable bonds is 8. The Bertz CT molecular complexity index is 1100. The summed E-state index contributed by atoms with van der Waals surface area (Å²) in [6.07, 6.45) is 6.04. The van der Waals surface area contributed by atoms with E-state index in [-0.39, 0.29) is 5.91 Å². The summed E-state index contributed by atoms with van der Waals surface area (Å²) in [5.74, 6) is 7.29. The van der Waals surface area contributed by atoms with Gasteiger partial charge in [0.1, 0.15) is 11.1 Å². The lowest BCUT2D eigenvalue weighted by molar-refractivity contribution is -0.115. The molecule has 31 heavy (non-hydrogen) atoms. The van der Waals surface area contributed by atoms with Crippen LogP contribution in [-0.2, 0) is 30.5 Å². The molecule has 4 rings (SSSR count). The quantitative estimate of drug-likeness (QED) is 0.398. The van der Waals surface area contributed by atoms with Crippen molar-refractivity contribution in [3.05, 3.63) is 57.7 Å². The molecule has 2 heterocycles. The maximum Gasteiger partial charge on any atom is 0.225 e. The normalized spacial score (nSPS) is 12.9. The molecule has 9 heteroatoms. The van der Waals surface area contributed by atoms with Crippen LogP contribution in [0.25, 0.3) is 0 Å². The summed E-state index contributed by atoms with van der Waals surface area (Å²) in [7, 11) is 0. The molecule has 3 N–H and O–H groups in total. The zero-order valence-corrected chi connectivity index (χ0v) is 18.8. The second-order valence-electron chi connectivity index (χ2n) is 7.43. The van der Waals surface area contributed by atoms with Crippen LogP contribution in [0.2, 0.25) is 0 Å². The van der Waals surface area contributed by atoms with Crippen molar-refractivity contribution in [1.29, 1.82) is 5.26 Å². The fraction of sp³-hybridized carbons (Fsp3) is 0.364. The first-order valence-corrected chi connectivity index (χ1v) is 12.2. The van der Waals surface area contributed by atoms with E-state index in [0.29, 0.717) is 34.3 Å². The molecule has 1 aliphatic rings. The highest BCUT2D eigenvalue weighted by molar-refractivity contribution is 7.99. The summed E-state index contributed by atoms with van der Waals surface area (Å²) in [6.45, 7) is 0. The van der Waals surface area contributed by atoms with Gasteiger partial charge in [-0.2, -0.15) is 5.26 Å². The van der Waals surface area contributed by atoms with Gasteiger partial charge in [-0.15, -0.1) is 21.5 Å². The largest absolute Gasteiger partial charge is 0.336 e. The van der Waals surface area contributed by atoms with Crippen molar-refractivity contribution in [2.24, 2.45) is 0 Å². The average Bonchev–Trinajstić information content (AvgIpc) is 3.32. The molecule has 160 valence electrons. The van der Waals surface area contributed by atoms with Gasteiger partial charge in [-0.3, -0.25) is 4.79 Å². The van der Waals surface area contributed by atoms with Crippen LogP contribution in [-0.4, -0.2) is 26.5 Å². The van der Waals surface area contributed by atoms with E-state index in [2.05, 4.69) is 33.7 Å². The molecule has 1 aromatic carbocycles. The van der Waals surface area contributed by atoms with E-state index < -0.39 is 0 Å². The molecule has 0 spiro atoms. The molecule has 3 aromatic rings. The van der Waals surface area contributed by atoms with Crippen molar-refractivity contribution in [1.82, 2.24) is 14.9 Å².